The van der Waals surface area contributed by atoms with Crippen molar-refractivity contribution in [1.29, 1.82) is 0 Å². The van der Waals surface area contributed by atoms with E-state index in [2.05, 4.69) is 9.97 Å². The average molecular weight is 201 g/mol. The molecular formula is C11H11N3O. The van der Waals surface area contributed by atoms with Crippen LogP contribution in [0.25, 0.3) is 0 Å². The van der Waals surface area contributed by atoms with Crippen LogP contribution in [0.15, 0.2) is 42.9 Å². The normalized spacial score (nSPS) is 9.87. The van der Waals surface area contributed by atoms with Gasteiger partial charge in [0.1, 0.15) is 12.4 Å². The van der Waals surface area contributed by atoms with Crippen LogP contribution in [0, 0.1) is 0 Å². The van der Waals surface area contributed by atoms with E-state index in [0.717, 1.165) is 5.69 Å². The molecule has 0 saturated heterocycles. The summed E-state index contributed by atoms with van der Waals surface area (Å²) in [5.41, 5.74) is 7.13. The lowest BCUT2D eigenvalue weighted by atomic mass is 10.3. The van der Waals surface area contributed by atoms with Crippen LogP contribution < -0.4 is 10.5 Å². The zero-order valence-corrected chi connectivity index (χ0v) is 8.13. The minimum absolute atomic E-state index is 0.377. The fourth-order valence-electron chi connectivity index (χ4n) is 1.17. The van der Waals surface area contributed by atoms with Crippen LogP contribution in [0.1, 0.15) is 5.69 Å². The van der Waals surface area contributed by atoms with Crippen LogP contribution in [0.3, 0.4) is 0 Å². The molecule has 76 valence electrons. The van der Waals surface area contributed by atoms with Gasteiger partial charge in [-0.1, -0.05) is 12.1 Å². The van der Waals surface area contributed by atoms with E-state index in [0.29, 0.717) is 18.0 Å². The average Bonchev–Trinajstić information content (AvgIpc) is 2.29. The molecule has 4 nitrogen and oxygen atoms in total. The fourth-order valence-corrected chi connectivity index (χ4v) is 1.17. The zero-order chi connectivity index (χ0) is 10.5. The molecule has 0 spiro atoms. The summed E-state index contributed by atoms with van der Waals surface area (Å²) in [6.45, 7) is 0.377. The lowest BCUT2D eigenvalue weighted by molar-refractivity contribution is 0.302. The molecular weight excluding hydrogens is 190 g/mol. The molecule has 2 N–H and O–H groups in total. The van der Waals surface area contributed by atoms with Crippen molar-refractivity contribution >= 4 is 5.69 Å². The van der Waals surface area contributed by atoms with Crippen molar-refractivity contribution in [2.75, 3.05) is 5.73 Å². The Bertz CT molecular complexity index is 431. The van der Waals surface area contributed by atoms with E-state index in [4.69, 9.17) is 10.5 Å². The topological polar surface area (TPSA) is 61.0 Å². The molecule has 0 aliphatic heterocycles. The highest BCUT2D eigenvalue weighted by Gasteiger charge is 1.99. The van der Waals surface area contributed by atoms with Crippen LogP contribution in [0.2, 0.25) is 0 Å². The second kappa shape index (κ2) is 4.41. The third kappa shape index (κ3) is 2.43. The van der Waals surface area contributed by atoms with Crippen molar-refractivity contribution in [2.45, 2.75) is 6.61 Å². The first-order chi connectivity index (χ1) is 7.36. The zero-order valence-electron chi connectivity index (χ0n) is 8.13. The Balaban J connectivity index is 2.03. The van der Waals surface area contributed by atoms with Crippen LogP contribution in [-0.2, 0) is 6.61 Å². The van der Waals surface area contributed by atoms with Gasteiger partial charge in [0.15, 0.2) is 0 Å². The molecule has 0 saturated carbocycles. The summed E-state index contributed by atoms with van der Waals surface area (Å²) < 4.78 is 5.50. The van der Waals surface area contributed by atoms with E-state index >= 15 is 0 Å². The van der Waals surface area contributed by atoms with E-state index in [1.165, 1.54) is 0 Å². The Morgan fingerprint density at radius 1 is 1.20 bits per heavy atom. The van der Waals surface area contributed by atoms with Gasteiger partial charge in [-0.2, -0.15) is 0 Å². The first-order valence-electron chi connectivity index (χ1n) is 4.58. The predicted molar refractivity (Wildman–Crippen MR) is 57.2 cm³/mol. The molecule has 0 atom stereocenters. The monoisotopic (exact) mass is 201 g/mol. The standard InChI is InChI=1S/C11H11N3O/c12-10-3-1-2-4-11(10)15-8-9-7-13-5-6-14-9/h1-7H,8,12H2. The molecule has 0 radical (unpaired) electrons. The number of para-hydroxylation sites is 2. The molecule has 1 heterocycles. The lowest BCUT2D eigenvalue weighted by Crippen LogP contribution is -2.00. The van der Waals surface area contributed by atoms with Gasteiger partial charge >= 0.3 is 0 Å². The van der Waals surface area contributed by atoms with Gasteiger partial charge in [-0.05, 0) is 12.1 Å². The Kier molecular flexibility index (Phi) is 2.78. The van der Waals surface area contributed by atoms with Crippen LogP contribution in [-0.4, -0.2) is 9.97 Å². The molecule has 2 aromatic rings. The van der Waals surface area contributed by atoms with E-state index in [-0.39, 0.29) is 0 Å². The van der Waals surface area contributed by atoms with Crippen molar-refractivity contribution in [3.05, 3.63) is 48.5 Å². The SMILES string of the molecule is Nc1ccccc1OCc1cnccn1. The Hall–Kier alpha value is -2.10. The van der Waals surface area contributed by atoms with Gasteiger partial charge in [0.05, 0.1) is 17.6 Å². The third-order valence-corrected chi connectivity index (χ3v) is 1.91. The van der Waals surface area contributed by atoms with E-state index in [9.17, 15) is 0 Å². The van der Waals surface area contributed by atoms with Gasteiger partial charge in [0.25, 0.3) is 0 Å². The van der Waals surface area contributed by atoms with Crippen molar-refractivity contribution < 1.29 is 4.74 Å². The summed E-state index contributed by atoms with van der Waals surface area (Å²) >= 11 is 0. The molecule has 0 fully saturated rings. The number of aromatic nitrogens is 2. The van der Waals surface area contributed by atoms with Crippen LogP contribution >= 0.6 is 0 Å². The summed E-state index contributed by atoms with van der Waals surface area (Å²) in [5, 5.41) is 0. The lowest BCUT2D eigenvalue weighted by Gasteiger charge is -2.07. The molecule has 1 aromatic heterocycles. The molecule has 0 aliphatic carbocycles. The van der Waals surface area contributed by atoms with Crippen molar-refractivity contribution in [3.8, 4) is 5.75 Å². The summed E-state index contributed by atoms with van der Waals surface area (Å²) in [6.07, 6.45) is 4.92. The highest BCUT2D eigenvalue weighted by atomic mass is 16.5. The van der Waals surface area contributed by atoms with Crippen molar-refractivity contribution in [1.82, 2.24) is 9.97 Å². The number of anilines is 1. The first-order valence-corrected chi connectivity index (χ1v) is 4.58. The molecule has 0 unspecified atom stereocenters. The number of hydrogen-bond acceptors (Lipinski definition) is 4. The van der Waals surface area contributed by atoms with Gasteiger partial charge in [0.2, 0.25) is 0 Å². The first kappa shape index (κ1) is 9.45. The Labute approximate surface area is 87.7 Å². The van der Waals surface area contributed by atoms with Gasteiger partial charge in [-0.15, -0.1) is 0 Å². The van der Waals surface area contributed by atoms with Crippen LogP contribution in [0.4, 0.5) is 5.69 Å². The number of hydrogen-bond donors (Lipinski definition) is 1. The summed E-state index contributed by atoms with van der Waals surface area (Å²) in [4.78, 5) is 8.04. The molecule has 1 aromatic carbocycles. The second-order valence-electron chi connectivity index (χ2n) is 3.02. The minimum Gasteiger partial charge on any atom is -0.485 e. The van der Waals surface area contributed by atoms with E-state index in [1.807, 2.05) is 18.2 Å². The number of nitrogens with zero attached hydrogens (tertiary/aromatic N) is 2. The summed E-state index contributed by atoms with van der Waals surface area (Å²) in [5.74, 6) is 0.670. The number of nitrogens with two attached hydrogens (primary N) is 1. The number of benzene rings is 1. The second-order valence-corrected chi connectivity index (χ2v) is 3.02. The Morgan fingerprint density at radius 3 is 2.80 bits per heavy atom. The van der Waals surface area contributed by atoms with Crippen molar-refractivity contribution in [2.24, 2.45) is 0 Å². The molecule has 2 rings (SSSR count). The third-order valence-electron chi connectivity index (χ3n) is 1.91. The predicted octanol–water partition coefficient (Wildman–Crippen LogP) is 1.64. The summed E-state index contributed by atoms with van der Waals surface area (Å²) in [6, 6.07) is 7.37. The highest BCUT2D eigenvalue weighted by molar-refractivity contribution is 5.51. The molecule has 0 aliphatic rings. The Morgan fingerprint density at radius 2 is 2.07 bits per heavy atom. The molecule has 4 heteroatoms. The largest absolute Gasteiger partial charge is 0.485 e. The molecule has 0 amide bonds. The highest BCUT2D eigenvalue weighted by Crippen LogP contribution is 2.20. The maximum Gasteiger partial charge on any atom is 0.142 e. The number of ether oxygens (including phenoxy) is 1. The van der Waals surface area contributed by atoms with Crippen molar-refractivity contribution in [3.63, 3.8) is 0 Å². The fraction of sp³-hybridized carbons (Fsp3) is 0.0909. The minimum atomic E-state index is 0.377. The van der Waals surface area contributed by atoms with Gasteiger partial charge in [-0.25, -0.2) is 0 Å². The molecule has 15 heavy (non-hydrogen) atoms. The van der Waals surface area contributed by atoms with E-state index < -0.39 is 0 Å². The number of rotatable bonds is 3. The van der Waals surface area contributed by atoms with Crippen LogP contribution in [0.5, 0.6) is 5.75 Å². The van der Waals surface area contributed by atoms with Gasteiger partial charge in [0, 0.05) is 12.4 Å². The maximum absolute atomic E-state index is 5.72. The van der Waals surface area contributed by atoms with Gasteiger partial charge < -0.3 is 10.5 Å². The summed E-state index contributed by atoms with van der Waals surface area (Å²) in [7, 11) is 0. The quantitative estimate of drug-likeness (QED) is 0.767. The number of nitrogen functional groups attached to an aromatic ring is 1. The molecule has 0 bridgehead atoms. The van der Waals surface area contributed by atoms with E-state index in [1.54, 1.807) is 24.7 Å². The smallest absolute Gasteiger partial charge is 0.142 e. The maximum atomic E-state index is 5.72. The van der Waals surface area contributed by atoms with Gasteiger partial charge in [-0.3, -0.25) is 9.97 Å².